The maximum Gasteiger partial charge on any atom is -0.0125 e. The molecule has 9 atom stereocenters. The van der Waals surface area contributed by atoms with Gasteiger partial charge in [0.2, 0.25) is 0 Å². The van der Waals surface area contributed by atoms with Crippen LogP contribution in [0.4, 0.5) is 0 Å². The molecule has 0 bridgehead atoms. The van der Waals surface area contributed by atoms with E-state index in [4.69, 9.17) is 0 Å². The summed E-state index contributed by atoms with van der Waals surface area (Å²) < 4.78 is 0. The van der Waals surface area contributed by atoms with Crippen molar-refractivity contribution >= 4 is 0 Å². The first-order chi connectivity index (χ1) is 16.1. The molecule has 0 radical (unpaired) electrons. The van der Waals surface area contributed by atoms with Crippen molar-refractivity contribution in [3.63, 3.8) is 0 Å². The standard InChI is InChI=1S/C35H56/c1-19(2)17-28-16-15-21(5)30-23(7)32-26(10)35(14)25(9)29(20(3)4)22(6)18-33(35,12)27(11)34(32,13)24(8)31(28)30/h15-16,19-20,23-27,32H,17-18H2,1-14H3. The summed E-state index contributed by atoms with van der Waals surface area (Å²) >= 11 is 0. The number of fused-ring (bicyclic) bond motifs is 3. The molecule has 0 aromatic heterocycles. The van der Waals surface area contributed by atoms with E-state index in [0.717, 1.165) is 0 Å². The predicted octanol–water partition coefficient (Wildman–Crippen LogP) is 10.3. The van der Waals surface area contributed by atoms with Crippen molar-refractivity contribution in [3.05, 3.63) is 45.5 Å². The van der Waals surface area contributed by atoms with E-state index in [2.05, 4.69) is 109 Å². The molecule has 1 aromatic rings. The largest absolute Gasteiger partial charge is 0.0730 e. The van der Waals surface area contributed by atoms with Crippen LogP contribution in [0, 0.1) is 58.7 Å². The zero-order valence-electron chi connectivity index (χ0n) is 25.7. The highest BCUT2D eigenvalue weighted by atomic mass is 14.7. The fraction of sp³-hybridized carbons (Fsp3) is 0.771. The van der Waals surface area contributed by atoms with Crippen LogP contribution < -0.4 is 0 Å². The Balaban J connectivity index is 1.99. The monoisotopic (exact) mass is 476 g/mol. The van der Waals surface area contributed by atoms with Crippen molar-refractivity contribution in [2.75, 3.05) is 0 Å². The Labute approximate surface area is 218 Å². The van der Waals surface area contributed by atoms with Crippen molar-refractivity contribution in [1.82, 2.24) is 0 Å². The van der Waals surface area contributed by atoms with E-state index in [9.17, 15) is 0 Å². The topological polar surface area (TPSA) is 0 Å². The van der Waals surface area contributed by atoms with Gasteiger partial charge in [-0.2, -0.15) is 0 Å². The van der Waals surface area contributed by atoms with Gasteiger partial charge in [-0.05, 0) is 113 Å². The second-order valence-electron chi connectivity index (χ2n) is 14.9. The second-order valence-corrected chi connectivity index (χ2v) is 14.9. The summed E-state index contributed by atoms with van der Waals surface area (Å²) in [6.45, 7) is 35.8. The van der Waals surface area contributed by atoms with Crippen LogP contribution in [0.3, 0.4) is 0 Å². The number of aryl methyl sites for hydroxylation is 1. The first kappa shape index (κ1) is 27.0. The van der Waals surface area contributed by atoms with Crippen molar-refractivity contribution in [2.45, 2.75) is 122 Å². The lowest BCUT2D eigenvalue weighted by Gasteiger charge is -2.73. The molecule has 0 aliphatic heterocycles. The van der Waals surface area contributed by atoms with Crippen LogP contribution in [-0.4, -0.2) is 0 Å². The smallest absolute Gasteiger partial charge is 0.0125 e. The average molecular weight is 477 g/mol. The molecule has 1 saturated carbocycles. The second kappa shape index (κ2) is 8.49. The van der Waals surface area contributed by atoms with E-state index in [1.807, 2.05) is 0 Å². The maximum atomic E-state index is 2.72. The van der Waals surface area contributed by atoms with Crippen molar-refractivity contribution in [3.8, 4) is 0 Å². The van der Waals surface area contributed by atoms with Crippen LogP contribution in [0.5, 0.6) is 0 Å². The predicted molar refractivity (Wildman–Crippen MR) is 154 cm³/mol. The highest BCUT2D eigenvalue weighted by Crippen LogP contribution is 2.77. The van der Waals surface area contributed by atoms with Gasteiger partial charge in [-0.1, -0.05) is 106 Å². The Hall–Kier alpha value is -1.04. The van der Waals surface area contributed by atoms with Crippen LogP contribution in [0.2, 0.25) is 0 Å². The maximum absolute atomic E-state index is 2.72. The summed E-state index contributed by atoms with van der Waals surface area (Å²) in [7, 11) is 0. The fourth-order valence-corrected chi connectivity index (χ4v) is 11.1. The third-order valence-electron chi connectivity index (χ3n) is 13.0. The third kappa shape index (κ3) is 3.29. The minimum absolute atomic E-state index is 0.301. The van der Waals surface area contributed by atoms with Crippen molar-refractivity contribution in [2.24, 2.45) is 51.8 Å². The van der Waals surface area contributed by atoms with E-state index in [0.29, 0.717) is 63.6 Å². The Morgan fingerprint density at radius 1 is 0.857 bits per heavy atom. The first-order valence-electron chi connectivity index (χ1n) is 14.9. The normalized spacial score (nSPS) is 43.3. The van der Waals surface area contributed by atoms with Gasteiger partial charge < -0.3 is 0 Å². The number of benzene rings is 1. The lowest BCUT2D eigenvalue weighted by molar-refractivity contribution is -0.214. The molecule has 35 heavy (non-hydrogen) atoms. The Morgan fingerprint density at radius 2 is 1.46 bits per heavy atom. The first-order valence-corrected chi connectivity index (χ1v) is 14.9. The molecule has 1 aromatic carbocycles. The van der Waals surface area contributed by atoms with E-state index in [1.54, 1.807) is 27.8 Å². The van der Waals surface area contributed by atoms with Gasteiger partial charge >= 0.3 is 0 Å². The third-order valence-corrected chi connectivity index (χ3v) is 13.0. The molecule has 0 heteroatoms. The molecule has 0 amide bonds. The molecule has 0 N–H and O–H groups in total. The molecule has 9 unspecified atom stereocenters. The number of allylic oxidation sites excluding steroid dienone is 2. The molecule has 1 fully saturated rings. The van der Waals surface area contributed by atoms with E-state index >= 15 is 0 Å². The number of rotatable bonds is 3. The summed E-state index contributed by atoms with van der Waals surface area (Å²) in [6.07, 6.45) is 2.48. The van der Waals surface area contributed by atoms with E-state index in [1.165, 1.54) is 18.4 Å². The lowest BCUT2D eigenvalue weighted by atomic mass is 9.31. The summed E-state index contributed by atoms with van der Waals surface area (Å²) in [4.78, 5) is 0. The Morgan fingerprint density at radius 3 is 2.00 bits per heavy atom. The van der Waals surface area contributed by atoms with Gasteiger partial charge in [0.05, 0.1) is 0 Å². The average Bonchev–Trinajstić information content (AvgIpc) is 2.75. The summed E-state index contributed by atoms with van der Waals surface area (Å²) in [6, 6.07) is 4.92. The highest BCUT2D eigenvalue weighted by molar-refractivity contribution is 5.50. The molecule has 0 nitrogen and oxygen atoms in total. The zero-order chi connectivity index (χ0) is 26.4. The molecule has 4 rings (SSSR count). The van der Waals surface area contributed by atoms with Gasteiger partial charge in [0.25, 0.3) is 0 Å². The highest BCUT2D eigenvalue weighted by Gasteiger charge is 2.70. The molecule has 0 spiro atoms. The summed E-state index contributed by atoms with van der Waals surface area (Å²) in [5.74, 6) is 5.25. The minimum Gasteiger partial charge on any atom is -0.0730 e. The summed E-state index contributed by atoms with van der Waals surface area (Å²) in [5.41, 5.74) is 11.0. The van der Waals surface area contributed by atoms with Gasteiger partial charge in [-0.3, -0.25) is 0 Å². The number of hydrogen-bond acceptors (Lipinski definition) is 0. The van der Waals surface area contributed by atoms with Crippen LogP contribution in [0.15, 0.2) is 23.3 Å². The molecule has 0 heterocycles. The van der Waals surface area contributed by atoms with Crippen molar-refractivity contribution < 1.29 is 0 Å². The van der Waals surface area contributed by atoms with Crippen LogP contribution >= 0.6 is 0 Å². The van der Waals surface area contributed by atoms with Gasteiger partial charge in [0, 0.05) is 0 Å². The molecule has 196 valence electrons. The van der Waals surface area contributed by atoms with E-state index in [-0.39, 0.29) is 0 Å². The Bertz CT molecular complexity index is 1020. The van der Waals surface area contributed by atoms with Gasteiger partial charge in [0.15, 0.2) is 0 Å². The van der Waals surface area contributed by atoms with Crippen molar-refractivity contribution in [1.29, 1.82) is 0 Å². The molecular formula is C35H56. The molecule has 3 aliphatic rings. The fourth-order valence-electron chi connectivity index (χ4n) is 11.1. The van der Waals surface area contributed by atoms with Gasteiger partial charge in [-0.25, -0.2) is 0 Å². The zero-order valence-corrected chi connectivity index (χ0v) is 25.7. The van der Waals surface area contributed by atoms with Crippen LogP contribution in [0.1, 0.15) is 131 Å². The van der Waals surface area contributed by atoms with Gasteiger partial charge in [-0.15, -0.1) is 0 Å². The molecule has 0 saturated heterocycles. The van der Waals surface area contributed by atoms with E-state index < -0.39 is 0 Å². The van der Waals surface area contributed by atoms with Gasteiger partial charge in [0.1, 0.15) is 0 Å². The lowest BCUT2D eigenvalue weighted by Crippen LogP contribution is -2.67. The Kier molecular flexibility index (Phi) is 6.55. The number of hydrogen-bond donors (Lipinski definition) is 0. The van der Waals surface area contributed by atoms with Crippen LogP contribution in [0.25, 0.3) is 0 Å². The molecular weight excluding hydrogens is 420 g/mol. The van der Waals surface area contributed by atoms with Crippen LogP contribution in [-0.2, 0) is 6.42 Å². The molecule has 3 aliphatic carbocycles. The summed E-state index contributed by atoms with van der Waals surface area (Å²) in [5, 5.41) is 0. The SMILES string of the molecule is CC1=C(C(C)C)C(C)C2(C)C(C)C3C(C)c4c(C)ccc(CC(C)C)c4C(C)C3(C)C(C)C2(C)C1. The minimum atomic E-state index is 0.301. The quantitative estimate of drug-likeness (QED) is 0.380.